The standard InChI is InChI=1S/C27H34ClFN2O6S2/c1-4-5-16-37-23-8-6-7-21(18-23)24-19-22(28)9-10-25(24)39(35,36)31-14-12-27(29,13-15-31)26(32)30-20(2)11-17-38(3,33)34/h6-11,17-20H,4-5,12-16H2,1-3H3,(H,30,32)/b17-11-/t20-/m0/s1. The number of sulfonamides is 1. The highest BCUT2D eigenvalue weighted by Crippen LogP contribution is 2.36. The molecule has 0 saturated carbocycles. The van der Waals surface area contributed by atoms with Crippen LogP contribution in [-0.4, -0.2) is 64.7 Å². The molecule has 0 aliphatic carbocycles. The first kappa shape index (κ1) is 31.1. The SMILES string of the molecule is CCCCOc1cccc(-c2cc(Cl)ccc2S(=O)(=O)N2CCC(F)(C(=O)N[C@@H](C)/C=C\S(C)(=O)=O)CC2)c1. The van der Waals surface area contributed by atoms with Gasteiger partial charge in [0.25, 0.3) is 5.91 Å². The van der Waals surface area contributed by atoms with E-state index < -0.39 is 37.5 Å². The summed E-state index contributed by atoms with van der Waals surface area (Å²) in [6.45, 7) is 3.71. The molecule has 8 nitrogen and oxygen atoms in total. The van der Waals surface area contributed by atoms with Crippen molar-refractivity contribution in [1.82, 2.24) is 9.62 Å². The highest BCUT2D eigenvalue weighted by molar-refractivity contribution is 7.93. The summed E-state index contributed by atoms with van der Waals surface area (Å²) in [6, 6.07) is 10.9. The third-order valence-electron chi connectivity index (χ3n) is 6.37. The average Bonchev–Trinajstić information content (AvgIpc) is 2.87. The van der Waals surface area contributed by atoms with Crippen molar-refractivity contribution in [3.05, 3.63) is 59.0 Å². The molecule has 12 heteroatoms. The molecule has 1 saturated heterocycles. The molecule has 0 bridgehead atoms. The molecule has 1 amide bonds. The molecule has 3 rings (SSSR count). The summed E-state index contributed by atoms with van der Waals surface area (Å²) >= 11 is 6.23. The number of ether oxygens (including phenoxy) is 1. The van der Waals surface area contributed by atoms with Crippen LogP contribution >= 0.6 is 11.6 Å². The van der Waals surface area contributed by atoms with Crippen molar-refractivity contribution < 1.29 is 30.8 Å². The van der Waals surface area contributed by atoms with Gasteiger partial charge in [-0.05, 0) is 49.2 Å². The molecule has 0 spiro atoms. The third-order valence-corrected chi connectivity index (χ3v) is 9.21. The van der Waals surface area contributed by atoms with Gasteiger partial charge in [-0.1, -0.05) is 43.2 Å². The van der Waals surface area contributed by atoms with E-state index in [9.17, 15) is 21.6 Å². The van der Waals surface area contributed by atoms with E-state index in [1.54, 1.807) is 30.3 Å². The first-order chi connectivity index (χ1) is 18.2. The van der Waals surface area contributed by atoms with E-state index >= 15 is 4.39 Å². The van der Waals surface area contributed by atoms with Gasteiger partial charge >= 0.3 is 0 Å². The Labute approximate surface area is 235 Å². The van der Waals surface area contributed by atoms with E-state index in [1.807, 2.05) is 0 Å². The van der Waals surface area contributed by atoms with Crippen molar-refractivity contribution in [3.63, 3.8) is 0 Å². The number of carbonyl (C=O) groups excluding carboxylic acids is 1. The van der Waals surface area contributed by atoms with Gasteiger partial charge in [0, 0.05) is 54.2 Å². The second kappa shape index (κ2) is 12.8. The van der Waals surface area contributed by atoms with Crippen molar-refractivity contribution in [3.8, 4) is 16.9 Å². The number of benzene rings is 2. The smallest absolute Gasteiger partial charge is 0.258 e. The number of nitrogens with zero attached hydrogens (tertiary/aromatic N) is 1. The molecule has 0 aromatic heterocycles. The Kier molecular flexibility index (Phi) is 10.2. The number of carbonyl (C=O) groups is 1. The van der Waals surface area contributed by atoms with Gasteiger partial charge in [0.2, 0.25) is 10.0 Å². The number of amides is 1. The Bertz CT molecular complexity index is 1420. The number of hydrogen-bond donors (Lipinski definition) is 1. The summed E-state index contributed by atoms with van der Waals surface area (Å²) in [6.07, 6.45) is 3.44. The lowest BCUT2D eigenvalue weighted by Gasteiger charge is -2.35. The Morgan fingerprint density at radius 2 is 1.87 bits per heavy atom. The highest BCUT2D eigenvalue weighted by atomic mass is 35.5. The second-order valence-electron chi connectivity index (χ2n) is 9.66. The zero-order valence-electron chi connectivity index (χ0n) is 22.2. The van der Waals surface area contributed by atoms with E-state index in [2.05, 4.69) is 12.2 Å². The summed E-state index contributed by atoms with van der Waals surface area (Å²) in [5.41, 5.74) is -1.28. The van der Waals surface area contributed by atoms with Gasteiger partial charge in [0.15, 0.2) is 15.5 Å². The number of unbranched alkanes of at least 4 members (excludes halogenated alkanes) is 1. The topological polar surface area (TPSA) is 110 Å². The normalized spacial score (nSPS) is 17.2. The monoisotopic (exact) mass is 600 g/mol. The largest absolute Gasteiger partial charge is 0.494 e. The summed E-state index contributed by atoms with van der Waals surface area (Å²) in [7, 11) is -7.45. The van der Waals surface area contributed by atoms with Gasteiger partial charge in [-0.3, -0.25) is 4.79 Å². The fourth-order valence-corrected chi connectivity index (χ4v) is 6.46. The molecule has 214 valence electrons. The molecule has 0 radical (unpaired) electrons. The van der Waals surface area contributed by atoms with E-state index in [0.29, 0.717) is 28.5 Å². The van der Waals surface area contributed by atoms with Gasteiger partial charge < -0.3 is 10.1 Å². The first-order valence-electron chi connectivity index (χ1n) is 12.7. The molecule has 1 aliphatic heterocycles. The number of nitrogens with one attached hydrogen (secondary N) is 1. The lowest BCUT2D eigenvalue weighted by atomic mass is 9.93. The second-order valence-corrected chi connectivity index (χ2v) is 13.9. The van der Waals surface area contributed by atoms with Crippen LogP contribution in [0.3, 0.4) is 0 Å². The fraction of sp³-hybridized carbons (Fsp3) is 0.444. The number of sulfone groups is 1. The van der Waals surface area contributed by atoms with E-state index in [1.165, 1.54) is 29.4 Å². The molecule has 1 aliphatic rings. The Balaban J connectivity index is 1.79. The Morgan fingerprint density at radius 3 is 2.51 bits per heavy atom. The lowest BCUT2D eigenvalue weighted by Crippen LogP contribution is -2.53. The molecular weight excluding hydrogens is 567 g/mol. The first-order valence-corrected chi connectivity index (χ1v) is 16.4. The van der Waals surface area contributed by atoms with Crippen LogP contribution in [0.25, 0.3) is 11.1 Å². The lowest BCUT2D eigenvalue weighted by molar-refractivity contribution is -0.135. The van der Waals surface area contributed by atoms with Crippen LogP contribution < -0.4 is 10.1 Å². The maximum atomic E-state index is 15.5. The molecule has 0 unspecified atom stereocenters. The van der Waals surface area contributed by atoms with E-state index in [4.69, 9.17) is 16.3 Å². The van der Waals surface area contributed by atoms with Gasteiger partial charge in [-0.2, -0.15) is 4.31 Å². The Morgan fingerprint density at radius 1 is 1.18 bits per heavy atom. The van der Waals surface area contributed by atoms with Gasteiger partial charge in [-0.15, -0.1) is 0 Å². The van der Waals surface area contributed by atoms with Gasteiger partial charge in [0.1, 0.15) is 5.75 Å². The van der Waals surface area contributed by atoms with E-state index in [0.717, 1.165) is 24.5 Å². The zero-order valence-corrected chi connectivity index (χ0v) is 24.6. The number of hydrogen-bond acceptors (Lipinski definition) is 6. The minimum absolute atomic E-state index is 0.0213. The van der Waals surface area contributed by atoms with E-state index in [-0.39, 0.29) is 30.8 Å². The van der Waals surface area contributed by atoms with Crippen molar-refractivity contribution in [1.29, 1.82) is 0 Å². The number of alkyl halides is 1. The number of piperidine rings is 1. The summed E-state index contributed by atoms with van der Waals surface area (Å²) in [4.78, 5) is 12.6. The summed E-state index contributed by atoms with van der Waals surface area (Å²) < 4.78 is 72.4. The molecule has 1 atom stereocenters. The van der Waals surface area contributed by atoms with Crippen LogP contribution in [0.5, 0.6) is 5.75 Å². The fourth-order valence-electron chi connectivity index (χ4n) is 4.13. The summed E-state index contributed by atoms with van der Waals surface area (Å²) in [5, 5.41) is 3.75. The predicted molar refractivity (Wildman–Crippen MR) is 151 cm³/mol. The highest BCUT2D eigenvalue weighted by Gasteiger charge is 2.44. The van der Waals surface area contributed by atoms with Crippen LogP contribution in [0.2, 0.25) is 5.02 Å². The molecular formula is C27H34ClFN2O6S2. The number of rotatable bonds is 11. The average molecular weight is 601 g/mol. The Hall–Kier alpha value is -2.47. The van der Waals surface area contributed by atoms with Crippen molar-refractivity contribution in [2.75, 3.05) is 26.0 Å². The van der Waals surface area contributed by atoms with Gasteiger partial charge in [0.05, 0.1) is 11.5 Å². The van der Waals surface area contributed by atoms with Crippen LogP contribution in [0.1, 0.15) is 39.5 Å². The van der Waals surface area contributed by atoms with Crippen LogP contribution in [0, 0.1) is 0 Å². The molecule has 1 fully saturated rings. The van der Waals surface area contributed by atoms with Crippen LogP contribution in [-0.2, 0) is 24.7 Å². The quantitative estimate of drug-likeness (QED) is 0.373. The van der Waals surface area contributed by atoms with Crippen molar-refractivity contribution in [2.24, 2.45) is 0 Å². The molecule has 2 aromatic carbocycles. The minimum atomic E-state index is -4.06. The predicted octanol–water partition coefficient (Wildman–Crippen LogP) is 4.74. The molecule has 1 heterocycles. The third kappa shape index (κ3) is 8.26. The summed E-state index contributed by atoms with van der Waals surface area (Å²) in [5.74, 6) is -0.298. The minimum Gasteiger partial charge on any atom is -0.494 e. The van der Waals surface area contributed by atoms with Crippen LogP contribution in [0.15, 0.2) is 58.8 Å². The molecule has 1 N–H and O–H groups in total. The zero-order chi connectivity index (χ0) is 28.8. The maximum Gasteiger partial charge on any atom is 0.258 e. The molecule has 39 heavy (non-hydrogen) atoms. The number of halogens is 2. The van der Waals surface area contributed by atoms with Gasteiger partial charge in [-0.25, -0.2) is 21.2 Å². The molecule has 2 aromatic rings. The van der Waals surface area contributed by atoms with Crippen molar-refractivity contribution in [2.45, 2.75) is 56.1 Å². The van der Waals surface area contributed by atoms with Crippen molar-refractivity contribution >= 4 is 37.4 Å². The van der Waals surface area contributed by atoms with Crippen LogP contribution in [0.4, 0.5) is 4.39 Å². The maximum absolute atomic E-state index is 15.5.